The van der Waals surface area contributed by atoms with E-state index in [2.05, 4.69) is 26.8 Å². The van der Waals surface area contributed by atoms with Crippen LogP contribution in [-0.2, 0) is 9.59 Å². The number of hydrogen-bond acceptors (Lipinski definition) is 6. The van der Waals surface area contributed by atoms with Gasteiger partial charge in [0.25, 0.3) is 11.8 Å². The van der Waals surface area contributed by atoms with Crippen molar-refractivity contribution < 1.29 is 14.4 Å². The maximum atomic E-state index is 13.5. The molecule has 0 bridgehead atoms. The lowest BCUT2D eigenvalue weighted by atomic mass is 9.94. The van der Waals surface area contributed by atoms with Crippen LogP contribution < -0.4 is 10.6 Å². The summed E-state index contributed by atoms with van der Waals surface area (Å²) in [7, 11) is 0. The Balaban J connectivity index is 1.39. The average Bonchev–Trinajstić information content (AvgIpc) is 3.36. The highest BCUT2D eigenvalue weighted by atomic mass is 16.2. The Morgan fingerprint density at radius 3 is 2.64 bits per heavy atom. The molecule has 0 saturated carbocycles. The number of carbonyl (C=O) groups is 3. The lowest BCUT2D eigenvalue weighted by Gasteiger charge is -2.31. The molecule has 2 aromatic rings. The first-order chi connectivity index (χ1) is 18.7. The fourth-order valence-corrected chi connectivity index (χ4v) is 5.62. The van der Waals surface area contributed by atoms with Gasteiger partial charge in [0.2, 0.25) is 5.91 Å². The molecule has 10 heteroatoms. The number of allylic oxidation sites excluding steroid dienone is 1. The first kappa shape index (κ1) is 26.9. The van der Waals surface area contributed by atoms with Crippen molar-refractivity contribution >= 4 is 40.0 Å². The fraction of sp³-hybridized carbons (Fsp3) is 0.517. The molecule has 1 fully saturated rings. The largest absolute Gasteiger partial charge is 0.351 e. The van der Waals surface area contributed by atoms with E-state index in [9.17, 15) is 14.4 Å². The van der Waals surface area contributed by atoms with Gasteiger partial charge >= 0.3 is 0 Å². The van der Waals surface area contributed by atoms with E-state index in [0.717, 1.165) is 37.1 Å². The Hall–Kier alpha value is -3.66. The average molecular weight is 532 g/mol. The molecule has 3 aliphatic rings. The first-order valence-corrected chi connectivity index (χ1v) is 13.9. The highest BCUT2D eigenvalue weighted by Gasteiger charge is 2.29. The Morgan fingerprint density at radius 1 is 1.21 bits per heavy atom. The number of aromatic nitrogens is 3. The van der Waals surface area contributed by atoms with Crippen LogP contribution in [0.3, 0.4) is 0 Å². The second kappa shape index (κ2) is 11.2. The van der Waals surface area contributed by atoms with Gasteiger partial charge < -0.3 is 15.5 Å². The topological polar surface area (TPSA) is 122 Å². The highest BCUT2D eigenvalue weighted by molar-refractivity contribution is 6.07. The molecular weight excluding hydrogens is 494 g/mol. The van der Waals surface area contributed by atoms with Crippen molar-refractivity contribution in [3.8, 4) is 0 Å². The van der Waals surface area contributed by atoms with E-state index in [1.54, 1.807) is 13.1 Å². The summed E-state index contributed by atoms with van der Waals surface area (Å²) < 4.78 is 1.82. The molecule has 5 heterocycles. The molecule has 0 spiro atoms. The Labute approximate surface area is 228 Å². The number of amides is 3. The standard InChI is InChI=1S/C29H37N7O3/c1-17(2)36-26-24(16-32-36)22(27(37)31-15-23-18(3)13-19(4)33-28(23)38)14-25(34-26)20-7-11-35(12-8-20)29(39)21-5-9-30-10-6-21/h7,13-14,16-17,21,23,30H,5-6,8-12,15H2,1-4H3,(H,31,37). The zero-order valence-electron chi connectivity index (χ0n) is 23.2. The number of carbonyl (C=O) groups excluding carboxylic acids is 3. The molecule has 2 N–H and O–H groups in total. The maximum Gasteiger partial charge on any atom is 0.254 e. The van der Waals surface area contributed by atoms with Gasteiger partial charge in [-0.1, -0.05) is 11.6 Å². The summed E-state index contributed by atoms with van der Waals surface area (Å²) in [5.74, 6) is -0.669. The van der Waals surface area contributed by atoms with Crippen LogP contribution in [0.15, 0.2) is 35.0 Å². The van der Waals surface area contributed by atoms with Crippen LogP contribution in [0.1, 0.15) is 69.1 Å². The summed E-state index contributed by atoms with van der Waals surface area (Å²) in [6.45, 7) is 10.9. The number of pyridine rings is 1. The van der Waals surface area contributed by atoms with Crippen LogP contribution >= 0.6 is 0 Å². The second-order valence-corrected chi connectivity index (χ2v) is 11.0. The van der Waals surface area contributed by atoms with Gasteiger partial charge in [-0.15, -0.1) is 0 Å². The van der Waals surface area contributed by atoms with Gasteiger partial charge in [-0.2, -0.15) is 5.10 Å². The van der Waals surface area contributed by atoms with E-state index >= 15 is 0 Å². The maximum absolute atomic E-state index is 13.5. The summed E-state index contributed by atoms with van der Waals surface area (Å²) in [5, 5.41) is 11.4. The Kier molecular flexibility index (Phi) is 7.74. The van der Waals surface area contributed by atoms with Gasteiger partial charge in [0.05, 0.1) is 28.8 Å². The molecule has 39 heavy (non-hydrogen) atoms. The van der Waals surface area contributed by atoms with E-state index in [-0.39, 0.29) is 36.2 Å². The normalized spacial score (nSPS) is 20.6. The van der Waals surface area contributed by atoms with Gasteiger partial charge in [0, 0.05) is 37.3 Å². The molecule has 1 atom stereocenters. The predicted molar refractivity (Wildman–Crippen MR) is 150 cm³/mol. The van der Waals surface area contributed by atoms with Crippen LogP contribution in [0.2, 0.25) is 0 Å². The zero-order chi connectivity index (χ0) is 27.7. The highest BCUT2D eigenvalue weighted by Crippen LogP contribution is 2.28. The van der Waals surface area contributed by atoms with Crippen molar-refractivity contribution in [2.24, 2.45) is 16.8 Å². The Morgan fingerprint density at radius 2 is 1.97 bits per heavy atom. The number of nitrogens with one attached hydrogen (secondary N) is 2. The van der Waals surface area contributed by atoms with Crippen molar-refractivity contribution in [2.45, 2.75) is 53.0 Å². The van der Waals surface area contributed by atoms with Gasteiger partial charge in [-0.25, -0.2) is 14.7 Å². The molecule has 0 aliphatic carbocycles. The minimum absolute atomic E-state index is 0.0633. The monoisotopic (exact) mass is 531 g/mol. The first-order valence-electron chi connectivity index (χ1n) is 13.9. The molecule has 3 amide bonds. The van der Waals surface area contributed by atoms with Gasteiger partial charge in [0.15, 0.2) is 5.65 Å². The predicted octanol–water partition coefficient (Wildman–Crippen LogP) is 2.92. The number of dihydropyridines is 1. The minimum atomic E-state index is -0.475. The molecule has 5 rings (SSSR count). The fourth-order valence-electron chi connectivity index (χ4n) is 5.62. The number of rotatable bonds is 6. The van der Waals surface area contributed by atoms with Crippen LogP contribution in [0, 0.1) is 11.8 Å². The SMILES string of the molecule is CC1=CC(C)=NC(=O)C1CNC(=O)c1cc(C2=CCN(C(=O)C3CCNCC3)CC2)nc2c1cnn2C(C)C. The number of piperidine rings is 1. The minimum Gasteiger partial charge on any atom is -0.351 e. The second-order valence-electron chi connectivity index (χ2n) is 11.0. The van der Waals surface area contributed by atoms with Crippen LogP contribution in [0.25, 0.3) is 16.6 Å². The number of hydrogen-bond donors (Lipinski definition) is 2. The van der Waals surface area contributed by atoms with Crippen molar-refractivity contribution in [3.05, 3.63) is 41.2 Å². The summed E-state index contributed by atoms with van der Waals surface area (Å²) in [5.41, 5.74) is 4.42. The van der Waals surface area contributed by atoms with Crippen molar-refractivity contribution in [1.82, 2.24) is 30.3 Å². The van der Waals surface area contributed by atoms with Gasteiger partial charge in [-0.3, -0.25) is 14.4 Å². The summed E-state index contributed by atoms with van der Waals surface area (Å²) in [6.07, 6.45) is 8.06. The van der Waals surface area contributed by atoms with E-state index in [1.165, 1.54) is 0 Å². The summed E-state index contributed by atoms with van der Waals surface area (Å²) in [4.78, 5) is 49.9. The van der Waals surface area contributed by atoms with Crippen LogP contribution in [-0.4, -0.2) is 75.8 Å². The molecule has 1 unspecified atom stereocenters. The lowest BCUT2D eigenvalue weighted by molar-refractivity contribution is -0.135. The van der Waals surface area contributed by atoms with Crippen molar-refractivity contribution in [3.63, 3.8) is 0 Å². The van der Waals surface area contributed by atoms with Crippen molar-refractivity contribution in [2.75, 3.05) is 32.7 Å². The van der Waals surface area contributed by atoms with Gasteiger partial charge in [-0.05, 0) is 77.8 Å². The number of fused-ring (bicyclic) bond motifs is 1. The lowest BCUT2D eigenvalue weighted by Crippen LogP contribution is -2.42. The van der Waals surface area contributed by atoms with E-state index < -0.39 is 5.92 Å². The van der Waals surface area contributed by atoms with Crippen LogP contribution in [0.5, 0.6) is 0 Å². The molecule has 0 radical (unpaired) electrons. The molecule has 1 saturated heterocycles. The van der Waals surface area contributed by atoms with E-state index in [0.29, 0.717) is 47.5 Å². The number of aliphatic imine (C=N–C) groups is 1. The third kappa shape index (κ3) is 5.56. The van der Waals surface area contributed by atoms with Crippen molar-refractivity contribution in [1.29, 1.82) is 0 Å². The molecular formula is C29H37N7O3. The van der Waals surface area contributed by atoms with Crippen LogP contribution in [0.4, 0.5) is 0 Å². The van der Waals surface area contributed by atoms with E-state index in [4.69, 9.17) is 4.98 Å². The molecule has 0 aromatic carbocycles. The quantitative estimate of drug-likeness (QED) is 0.591. The summed E-state index contributed by atoms with van der Waals surface area (Å²) in [6, 6.07) is 1.88. The van der Waals surface area contributed by atoms with E-state index in [1.807, 2.05) is 42.5 Å². The number of nitrogens with zero attached hydrogens (tertiary/aromatic N) is 5. The molecule has 2 aromatic heterocycles. The third-order valence-electron chi connectivity index (χ3n) is 7.88. The Bertz CT molecular complexity index is 1390. The van der Waals surface area contributed by atoms with Gasteiger partial charge in [0.1, 0.15) is 0 Å². The molecule has 3 aliphatic heterocycles. The zero-order valence-corrected chi connectivity index (χ0v) is 23.2. The smallest absolute Gasteiger partial charge is 0.254 e. The summed E-state index contributed by atoms with van der Waals surface area (Å²) >= 11 is 0. The molecule has 206 valence electrons. The molecule has 10 nitrogen and oxygen atoms in total. The third-order valence-corrected chi connectivity index (χ3v) is 7.88.